The molecule has 2 N–H and O–H groups in total. The Kier molecular flexibility index (Phi) is 2.26. The van der Waals surface area contributed by atoms with Gasteiger partial charge in [-0.3, -0.25) is 0 Å². The molecule has 3 heteroatoms. The van der Waals surface area contributed by atoms with Crippen molar-refractivity contribution in [3.05, 3.63) is 35.1 Å². The van der Waals surface area contributed by atoms with Gasteiger partial charge in [0.05, 0.1) is 6.10 Å². The molecule has 1 fully saturated rings. The van der Waals surface area contributed by atoms with E-state index in [9.17, 15) is 9.50 Å². The molecule has 1 heterocycles. The molecule has 86 valence electrons. The van der Waals surface area contributed by atoms with Gasteiger partial charge >= 0.3 is 0 Å². The zero-order valence-electron chi connectivity index (χ0n) is 9.17. The normalized spacial score (nSPS) is 27.0. The predicted molar refractivity (Wildman–Crippen MR) is 59.8 cm³/mol. The Hall–Kier alpha value is -0.930. The largest absolute Gasteiger partial charge is 0.387 e. The molecule has 2 nitrogen and oxygen atoms in total. The number of hydrogen-bond acceptors (Lipinski definition) is 2. The smallest absolute Gasteiger partial charge is 0.123 e. The number of halogens is 1. The van der Waals surface area contributed by atoms with Gasteiger partial charge in [0.15, 0.2) is 0 Å². The van der Waals surface area contributed by atoms with Gasteiger partial charge in [-0.15, -0.1) is 0 Å². The Balaban J connectivity index is 2.13. The van der Waals surface area contributed by atoms with Gasteiger partial charge in [-0.25, -0.2) is 4.39 Å². The van der Waals surface area contributed by atoms with Crippen LogP contribution in [0.3, 0.4) is 0 Å². The average Bonchev–Trinajstić information content (AvgIpc) is 2.35. The molecule has 0 aromatic heterocycles. The molecule has 0 radical (unpaired) electrons. The lowest BCUT2D eigenvalue weighted by Gasteiger charge is -2.42. The third kappa shape index (κ3) is 1.39. The van der Waals surface area contributed by atoms with Crippen LogP contribution in [0.25, 0.3) is 0 Å². The highest BCUT2D eigenvalue weighted by molar-refractivity contribution is 5.39. The van der Waals surface area contributed by atoms with E-state index in [-0.39, 0.29) is 11.2 Å². The Morgan fingerprint density at radius 1 is 1.38 bits per heavy atom. The summed E-state index contributed by atoms with van der Waals surface area (Å²) in [6, 6.07) is 4.87. The lowest BCUT2D eigenvalue weighted by atomic mass is 9.63. The zero-order valence-corrected chi connectivity index (χ0v) is 9.17. The van der Waals surface area contributed by atoms with E-state index >= 15 is 0 Å². The summed E-state index contributed by atoms with van der Waals surface area (Å²) in [6.45, 7) is 1.43. The summed E-state index contributed by atoms with van der Waals surface area (Å²) in [5, 5.41) is 13.3. The maximum Gasteiger partial charge on any atom is 0.123 e. The highest BCUT2D eigenvalue weighted by Crippen LogP contribution is 2.46. The molecule has 1 aromatic rings. The second-order valence-electron chi connectivity index (χ2n) is 5.01. The van der Waals surface area contributed by atoms with Crippen LogP contribution >= 0.6 is 0 Å². The van der Waals surface area contributed by atoms with Crippen LogP contribution in [0, 0.1) is 5.82 Å². The van der Waals surface area contributed by atoms with E-state index in [0.717, 1.165) is 30.5 Å². The summed E-state index contributed by atoms with van der Waals surface area (Å²) in [4.78, 5) is 0. The number of nitrogens with one attached hydrogen (secondary N) is 1. The van der Waals surface area contributed by atoms with Crippen LogP contribution in [-0.2, 0) is 5.41 Å². The maximum absolute atomic E-state index is 13.2. The molecule has 1 unspecified atom stereocenters. The van der Waals surface area contributed by atoms with E-state index in [1.54, 1.807) is 0 Å². The Morgan fingerprint density at radius 2 is 2.19 bits per heavy atom. The molecular weight excluding hydrogens is 205 g/mol. The molecule has 1 aliphatic heterocycles. The van der Waals surface area contributed by atoms with Crippen molar-refractivity contribution in [2.24, 2.45) is 0 Å². The summed E-state index contributed by atoms with van der Waals surface area (Å²) < 4.78 is 13.2. The van der Waals surface area contributed by atoms with E-state index in [1.807, 2.05) is 6.07 Å². The topological polar surface area (TPSA) is 32.3 Å². The fourth-order valence-corrected chi connectivity index (χ4v) is 3.00. The molecule has 0 saturated heterocycles. The Labute approximate surface area is 94.5 Å². The first kappa shape index (κ1) is 10.2. The lowest BCUT2D eigenvalue weighted by Crippen LogP contribution is -2.42. The van der Waals surface area contributed by atoms with Crippen LogP contribution in [0.15, 0.2) is 18.2 Å². The molecule has 3 rings (SSSR count). The molecule has 1 aliphatic carbocycles. The summed E-state index contributed by atoms with van der Waals surface area (Å²) in [5.74, 6) is -0.255. The van der Waals surface area contributed by atoms with E-state index in [1.165, 1.54) is 18.6 Å². The van der Waals surface area contributed by atoms with E-state index < -0.39 is 6.10 Å². The van der Waals surface area contributed by atoms with Crippen molar-refractivity contribution in [3.8, 4) is 0 Å². The molecule has 1 aromatic carbocycles. The molecule has 1 saturated carbocycles. The molecular formula is C13H16FNO. The van der Waals surface area contributed by atoms with Gasteiger partial charge in [-0.2, -0.15) is 0 Å². The Morgan fingerprint density at radius 3 is 2.88 bits per heavy atom. The van der Waals surface area contributed by atoms with Gasteiger partial charge in [-0.1, -0.05) is 12.5 Å². The van der Waals surface area contributed by atoms with Crippen LogP contribution in [0.5, 0.6) is 0 Å². The van der Waals surface area contributed by atoms with Crippen LogP contribution in [0.2, 0.25) is 0 Å². The van der Waals surface area contributed by atoms with Gasteiger partial charge in [0, 0.05) is 18.5 Å². The van der Waals surface area contributed by atoms with Crippen LogP contribution in [0.4, 0.5) is 4.39 Å². The van der Waals surface area contributed by atoms with Gasteiger partial charge in [0.1, 0.15) is 5.82 Å². The number of fused-ring (bicyclic) bond motifs is 2. The minimum absolute atomic E-state index is 0.153. The second kappa shape index (κ2) is 3.54. The Bertz CT molecular complexity index is 414. The number of benzene rings is 1. The summed E-state index contributed by atoms with van der Waals surface area (Å²) in [7, 11) is 0. The number of aliphatic hydroxyl groups is 1. The minimum atomic E-state index is -0.578. The second-order valence-corrected chi connectivity index (χ2v) is 5.01. The van der Waals surface area contributed by atoms with E-state index in [0.29, 0.717) is 6.54 Å². The minimum Gasteiger partial charge on any atom is -0.387 e. The SMILES string of the molecule is OC1CNCC2(CCC2)c2ccc(F)cc21. The summed E-state index contributed by atoms with van der Waals surface area (Å²) in [6.07, 6.45) is 2.94. The predicted octanol–water partition coefficient (Wildman–Crippen LogP) is 1.88. The third-order valence-electron chi connectivity index (χ3n) is 4.06. The van der Waals surface area contributed by atoms with Crippen LogP contribution in [0.1, 0.15) is 36.5 Å². The number of aliphatic hydroxyl groups excluding tert-OH is 1. The number of hydrogen-bond donors (Lipinski definition) is 2. The van der Waals surface area contributed by atoms with E-state index in [4.69, 9.17) is 0 Å². The highest BCUT2D eigenvalue weighted by Gasteiger charge is 2.42. The van der Waals surface area contributed by atoms with Crippen molar-refractivity contribution in [1.82, 2.24) is 5.32 Å². The highest BCUT2D eigenvalue weighted by atomic mass is 19.1. The third-order valence-corrected chi connectivity index (χ3v) is 4.06. The number of rotatable bonds is 0. The first-order valence-corrected chi connectivity index (χ1v) is 5.90. The maximum atomic E-state index is 13.2. The van der Waals surface area contributed by atoms with Crippen molar-refractivity contribution in [2.45, 2.75) is 30.8 Å². The summed E-state index contributed by atoms with van der Waals surface area (Å²) in [5.41, 5.74) is 2.09. The molecule has 2 aliphatic rings. The van der Waals surface area contributed by atoms with Gasteiger partial charge in [-0.05, 0) is 36.1 Å². The molecule has 0 bridgehead atoms. The number of β-amino-alcohol motifs (C(OH)–C–C–N with tert-alkyl or cyclic N) is 1. The zero-order chi connectivity index (χ0) is 11.2. The van der Waals surface area contributed by atoms with Gasteiger partial charge in [0.2, 0.25) is 0 Å². The molecule has 16 heavy (non-hydrogen) atoms. The fraction of sp³-hybridized carbons (Fsp3) is 0.538. The van der Waals surface area contributed by atoms with E-state index in [2.05, 4.69) is 5.32 Å². The van der Waals surface area contributed by atoms with Crippen molar-refractivity contribution in [2.75, 3.05) is 13.1 Å². The standard InChI is InChI=1S/C13H16FNO/c14-9-2-3-11-10(6-9)12(16)7-15-8-13(11)4-1-5-13/h2-3,6,12,15-16H,1,4-5,7-8H2. The summed E-state index contributed by atoms with van der Waals surface area (Å²) >= 11 is 0. The quantitative estimate of drug-likeness (QED) is 0.701. The fourth-order valence-electron chi connectivity index (χ4n) is 3.00. The molecule has 0 amide bonds. The van der Waals surface area contributed by atoms with Crippen molar-refractivity contribution < 1.29 is 9.50 Å². The average molecular weight is 221 g/mol. The molecule has 1 spiro atoms. The van der Waals surface area contributed by atoms with Crippen molar-refractivity contribution >= 4 is 0 Å². The van der Waals surface area contributed by atoms with Gasteiger partial charge in [0.25, 0.3) is 0 Å². The first-order valence-electron chi connectivity index (χ1n) is 5.90. The van der Waals surface area contributed by atoms with Gasteiger partial charge < -0.3 is 10.4 Å². The van der Waals surface area contributed by atoms with Crippen LogP contribution in [-0.4, -0.2) is 18.2 Å². The van der Waals surface area contributed by atoms with Crippen molar-refractivity contribution in [1.29, 1.82) is 0 Å². The van der Waals surface area contributed by atoms with Crippen LogP contribution < -0.4 is 5.32 Å². The monoisotopic (exact) mass is 221 g/mol. The first-order chi connectivity index (χ1) is 7.71. The lowest BCUT2D eigenvalue weighted by molar-refractivity contribution is 0.176. The molecule has 1 atom stereocenters. The van der Waals surface area contributed by atoms with Crippen molar-refractivity contribution in [3.63, 3.8) is 0 Å².